The maximum absolute atomic E-state index is 12.1. The van der Waals surface area contributed by atoms with E-state index in [1.165, 1.54) is 4.68 Å². The van der Waals surface area contributed by atoms with Gasteiger partial charge in [-0.1, -0.05) is 5.21 Å². The Labute approximate surface area is 160 Å². The molecule has 3 saturated heterocycles. The number of rotatable bonds is 4. The lowest BCUT2D eigenvalue weighted by molar-refractivity contribution is -0.226. The zero-order chi connectivity index (χ0) is 20.4. The monoisotopic (exact) mass is 397 g/mol. The highest BCUT2D eigenvalue weighted by Gasteiger charge is 2.60. The van der Waals surface area contributed by atoms with Gasteiger partial charge in [-0.05, 0) is 27.7 Å². The van der Waals surface area contributed by atoms with Gasteiger partial charge in [-0.2, -0.15) is 0 Å². The van der Waals surface area contributed by atoms with Crippen LogP contribution in [0.25, 0.3) is 0 Å². The van der Waals surface area contributed by atoms with E-state index in [1.54, 1.807) is 27.7 Å². The molecular formula is C16H23N5O7. The highest BCUT2D eigenvalue weighted by Crippen LogP contribution is 2.46. The summed E-state index contributed by atoms with van der Waals surface area (Å²) in [4.78, 5) is 23.7. The van der Waals surface area contributed by atoms with Gasteiger partial charge in [0.25, 0.3) is 11.8 Å². The van der Waals surface area contributed by atoms with E-state index >= 15 is 0 Å². The molecule has 4 N–H and O–H groups in total. The quantitative estimate of drug-likeness (QED) is 0.651. The minimum atomic E-state index is -0.919. The van der Waals surface area contributed by atoms with Crippen molar-refractivity contribution in [1.29, 1.82) is 0 Å². The first-order chi connectivity index (χ1) is 13.0. The van der Waals surface area contributed by atoms with Gasteiger partial charge in [-0.3, -0.25) is 9.59 Å². The van der Waals surface area contributed by atoms with Crippen LogP contribution in [0.3, 0.4) is 0 Å². The van der Waals surface area contributed by atoms with Crippen molar-refractivity contribution in [2.45, 2.75) is 69.9 Å². The van der Waals surface area contributed by atoms with Crippen LogP contribution in [-0.4, -0.2) is 69.6 Å². The molecule has 12 nitrogen and oxygen atoms in total. The minimum Gasteiger partial charge on any atom is -0.364 e. The molecule has 12 heteroatoms. The van der Waals surface area contributed by atoms with Gasteiger partial charge >= 0.3 is 0 Å². The second kappa shape index (κ2) is 6.19. The maximum atomic E-state index is 12.1. The Morgan fingerprint density at radius 1 is 1.04 bits per heavy atom. The van der Waals surface area contributed by atoms with Crippen molar-refractivity contribution in [2.24, 2.45) is 11.5 Å². The minimum absolute atomic E-state index is 0.224. The molecule has 0 aliphatic carbocycles. The van der Waals surface area contributed by atoms with Crippen LogP contribution in [0.2, 0.25) is 0 Å². The average Bonchev–Trinajstić information content (AvgIpc) is 3.26. The molecular weight excluding hydrogens is 374 g/mol. The molecule has 154 valence electrons. The smallest absolute Gasteiger partial charge is 0.271 e. The van der Waals surface area contributed by atoms with E-state index in [0.717, 1.165) is 0 Å². The molecule has 4 rings (SSSR count). The van der Waals surface area contributed by atoms with Gasteiger partial charge in [-0.25, -0.2) is 4.68 Å². The SMILES string of the molecule is CC1(C)O[C@H]2O[C@H]([C@@H]3COC(C)(C)O3)[C@H](n3nnc(C(N)=O)c3C(N)=O)[C@H]2O1. The first kappa shape index (κ1) is 19.2. The topological polar surface area (TPSA) is 163 Å². The summed E-state index contributed by atoms with van der Waals surface area (Å²) in [5, 5.41) is 7.70. The molecule has 0 bridgehead atoms. The molecule has 4 heterocycles. The Morgan fingerprint density at radius 2 is 1.75 bits per heavy atom. The number of carbonyl (C=O) groups is 2. The molecule has 3 fully saturated rings. The highest BCUT2D eigenvalue weighted by atomic mass is 16.8. The van der Waals surface area contributed by atoms with Gasteiger partial charge in [0.2, 0.25) is 0 Å². The van der Waals surface area contributed by atoms with Crippen LogP contribution in [-0.2, 0) is 23.7 Å². The van der Waals surface area contributed by atoms with Crippen LogP contribution >= 0.6 is 0 Å². The number of primary amides is 2. The van der Waals surface area contributed by atoms with Gasteiger partial charge in [0.15, 0.2) is 29.3 Å². The van der Waals surface area contributed by atoms with E-state index in [0.29, 0.717) is 0 Å². The van der Waals surface area contributed by atoms with Gasteiger partial charge in [0.05, 0.1) is 6.61 Å². The molecule has 3 aliphatic rings. The van der Waals surface area contributed by atoms with Gasteiger partial charge in [0, 0.05) is 0 Å². The number of aromatic nitrogens is 3. The summed E-state index contributed by atoms with van der Waals surface area (Å²) in [6, 6.07) is -0.711. The molecule has 2 amide bonds. The fourth-order valence-corrected chi connectivity index (χ4v) is 3.88. The van der Waals surface area contributed by atoms with Crippen LogP contribution in [0.5, 0.6) is 0 Å². The average molecular weight is 397 g/mol. The number of fused-ring (bicyclic) bond motifs is 1. The normalized spacial score (nSPS) is 35.8. The predicted octanol–water partition coefficient (Wildman–Crippen LogP) is -0.955. The summed E-state index contributed by atoms with van der Waals surface area (Å²) in [6.07, 6.45) is -2.54. The lowest BCUT2D eigenvalue weighted by Crippen LogP contribution is -2.42. The third-order valence-corrected chi connectivity index (χ3v) is 4.89. The third-order valence-electron chi connectivity index (χ3n) is 4.89. The Hall–Kier alpha value is -2.12. The van der Waals surface area contributed by atoms with Crippen LogP contribution in [0.4, 0.5) is 0 Å². The number of ether oxygens (including phenoxy) is 5. The van der Waals surface area contributed by atoms with Crippen molar-refractivity contribution in [3.8, 4) is 0 Å². The lowest BCUT2D eigenvalue weighted by atomic mass is 10.0. The maximum Gasteiger partial charge on any atom is 0.271 e. The molecule has 0 spiro atoms. The summed E-state index contributed by atoms with van der Waals surface area (Å²) in [7, 11) is 0. The predicted molar refractivity (Wildman–Crippen MR) is 89.7 cm³/mol. The van der Waals surface area contributed by atoms with Gasteiger partial charge in [-0.15, -0.1) is 5.10 Å². The van der Waals surface area contributed by atoms with Crippen molar-refractivity contribution in [3.05, 3.63) is 11.4 Å². The molecule has 0 aromatic carbocycles. The number of nitrogens with zero attached hydrogens (tertiary/aromatic N) is 3. The Morgan fingerprint density at radius 3 is 2.32 bits per heavy atom. The lowest BCUT2D eigenvalue weighted by Gasteiger charge is -2.29. The Kier molecular flexibility index (Phi) is 4.25. The van der Waals surface area contributed by atoms with Gasteiger partial charge < -0.3 is 35.2 Å². The molecule has 1 aromatic rings. The summed E-state index contributed by atoms with van der Waals surface area (Å²) in [5.74, 6) is -3.53. The van der Waals surface area contributed by atoms with Crippen molar-refractivity contribution in [1.82, 2.24) is 15.0 Å². The van der Waals surface area contributed by atoms with Crippen LogP contribution in [0.1, 0.15) is 54.7 Å². The molecule has 1 aromatic heterocycles. The summed E-state index contributed by atoms with van der Waals surface area (Å²) < 4.78 is 30.6. The Balaban J connectivity index is 1.76. The molecule has 3 aliphatic heterocycles. The number of hydrogen-bond acceptors (Lipinski definition) is 9. The standard InChI is InChI=1S/C16H23N5O7/c1-15(2)24-5-6(26-15)10-9(11-14(25-10)28-16(3,4)27-11)21-8(13(18)23)7(12(17)22)19-20-21/h6,9-11,14H,5H2,1-4H3,(H2,17,22)(H2,18,23)/t6-,9-,10+,11+,14+/m0/s1. The fourth-order valence-electron chi connectivity index (χ4n) is 3.88. The second-order valence-corrected chi connectivity index (χ2v) is 7.89. The fraction of sp³-hybridized carbons (Fsp3) is 0.750. The molecule has 0 saturated carbocycles. The van der Waals surface area contributed by atoms with Gasteiger partial charge in [0.1, 0.15) is 24.4 Å². The van der Waals surface area contributed by atoms with E-state index in [-0.39, 0.29) is 18.0 Å². The molecule has 28 heavy (non-hydrogen) atoms. The van der Waals surface area contributed by atoms with Crippen LogP contribution in [0, 0.1) is 0 Å². The largest absolute Gasteiger partial charge is 0.364 e. The summed E-state index contributed by atoms with van der Waals surface area (Å²) in [5.41, 5.74) is 10.2. The number of amides is 2. The van der Waals surface area contributed by atoms with E-state index in [9.17, 15) is 9.59 Å². The van der Waals surface area contributed by atoms with E-state index in [4.69, 9.17) is 35.2 Å². The van der Waals surface area contributed by atoms with Crippen molar-refractivity contribution < 1.29 is 33.3 Å². The number of hydrogen-bond donors (Lipinski definition) is 2. The number of carbonyl (C=O) groups excluding carboxylic acids is 2. The highest BCUT2D eigenvalue weighted by molar-refractivity contribution is 6.03. The first-order valence-corrected chi connectivity index (χ1v) is 8.87. The van der Waals surface area contributed by atoms with Crippen molar-refractivity contribution in [3.63, 3.8) is 0 Å². The van der Waals surface area contributed by atoms with Crippen molar-refractivity contribution in [2.75, 3.05) is 6.61 Å². The molecule has 0 radical (unpaired) electrons. The van der Waals surface area contributed by atoms with Crippen molar-refractivity contribution >= 4 is 11.8 Å². The summed E-state index contributed by atoms with van der Waals surface area (Å²) >= 11 is 0. The zero-order valence-electron chi connectivity index (χ0n) is 15.9. The molecule has 0 unspecified atom stereocenters. The third kappa shape index (κ3) is 3.06. The number of nitrogens with two attached hydrogens (primary N) is 2. The van der Waals surface area contributed by atoms with E-state index in [1.807, 2.05) is 0 Å². The molecule has 5 atom stereocenters. The second-order valence-electron chi connectivity index (χ2n) is 7.89. The Bertz CT molecular complexity index is 822. The first-order valence-electron chi connectivity index (χ1n) is 8.87. The van der Waals surface area contributed by atoms with E-state index < -0.39 is 54.0 Å². The summed E-state index contributed by atoms with van der Waals surface area (Å²) in [6.45, 7) is 7.29. The van der Waals surface area contributed by atoms with Crippen LogP contribution in [0.15, 0.2) is 0 Å². The van der Waals surface area contributed by atoms with E-state index in [2.05, 4.69) is 10.3 Å². The zero-order valence-corrected chi connectivity index (χ0v) is 15.9. The van der Waals surface area contributed by atoms with Crippen LogP contribution < -0.4 is 11.5 Å².